The fourth-order valence-corrected chi connectivity index (χ4v) is 5.06. The van der Waals surface area contributed by atoms with Crippen LogP contribution in [0.25, 0.3) is 21.7 Å². The first-order chi connectivity index (χ1) is 14.4. The molecule has 3 aromatic rings. The maximum atomic E-state index is 13.2. The molecule has 30 heavy (non-hydrogen) atoms. The average Bonchev–Trinajstić information content (AvgIpc) is 3.37. The average molecular weight is 438 g/mol. The Bertz CT molecular complexity index is 1040. The first-order valence-corrected chi connectivity index (χ1v) is 10.9. The van der Waals surface area contributed by atoms with E-state index in [0.717, 1.165) is 12.8 Å². The number of benzene rings is 1. The molecule has 2 atom stereocenters. The highest BCUT2D eigenvalue weighted by Crippen LogP contribution is 2.42. The number of aryl methyl sites for hydroxylation is 1. The van der Waals surface area contributed by atoms with Gasteiger partial charge < -0.3 is 19.4 Å². The second-order valence-electron chi connectivity index (χ2n) is 7.72. The number of fused-ring (bicyclic) bond motifs is 3. The molecule has 0 saturated carbocycles. The van der Waals surface area contributed by atoms with E-state index in [9.17, 15) is 13.2 Å². The summed E-state index contributed by atoms with van der Waals surface area (Å²) in [7, 11) is 0. The topological polar surface area (TPSA) is 63.4 Å². The number of hydrogen-bond donors (Lipinski definition) is 1. The van der Waals surface area contributed by atoms with E-state index >= 15 is 0 Å². The lowest BCUT2D eigenvalue weighted by Crippen LogP contribution is -2.58. The summed E-state index contributed by atoms with van der Waals surface area (Å²) < 4.78 is 50.0. The van der Waals surface area contributed by atoms with Crippen molar-refractivity contribution in [2.45, 2.75) is 51.1 Å². The fourth-order valence-electron chi connectivity index (χ4n) is 4.41. The van der Waals surface area contributed by atoms with Gasteiger partial charge in [-0.25, -0.2) is 4.98 Å². The minimum Gasteiger partial charge on any atom is -0.422 e. The van der Waals surface area contributed by atoms with Gasteiger partial charge in [0.15, 0.2) is 16.8 Å². The molecule has 160 valence electrons. The molecule has 0 amide bonds. The highest BCUT2D eigenvalue weighted by atomic mass is 32.1. The molecule has 1 aromatic carbocycles. The number of hydrogen-bond acceptors (Lipinski definition) is 7. The molecule has 5 rings (SSSR count). The summed E-state index contributed by atoms with van der Waals surface area (Å²) in [6.07, 6.45) is 0.526. The van der Waals surface area contributed by atoms with Gasteiger partial charge in [-0.1, -0.05) is 13.3 Å². The van der Waals surface area contributed by atoms with Crippen LogP contribution in [-0.4, -0.2) is 41.5 Å². The van der Waals surface area contributed by atoms with Gasteiger partial charge in [-0.15, -0.1) is 24.5 Å². The van der Waals surface area contributed by atoms with Crippen molar-refractivity contribution < 1.29 is 22.3 Å². The van der Waals surface area contributed by atoms with Gasteiger partial charge in [0.1, 0.15) is 5.01 Å². The van der Waals surface area contributed by atoms with Crippen LogP contribution in [0, 0.1) is 0 Å². The van der Waals surface area contributed by atoms with E-state index < -0.39 is 6.36 Å². The lowest BCUT2D eigenvalue weighted by Gasteiger charge is -2.41. The summed E-state index contributed by atoms with van der Waals surface area (Å²) >= 11 is 1.40. The number of halogens is 3. The molecule has 2 fully saturated rings. The Hall–Kier alpha value is -2.33. The zero-order valence-corrected chi connectivity index (χ0v) is 17.1. The van der Waals surface area contributed by atoms with Gasteiger partial charge in [0, 0.05) is 36.8 Å². The van der Waals surface area contributed by atoms with Gasteiger partial charge in [0.05, 0.1) is 5.56 Å². The largest absolute Gasteiger partial charge is 0.573 e. The van der Waals surface area contributed by atoms with Crippen molar-refractivity contribution in [1.82, 2.24) is 15.3 Å². The first-order valence-electron chi connectivity index (χ1n) is 10.0. The molecule has 2 saturated heterocycles. The number of oxazole rings is 1. The van der Waals surface area contributed by atoms with Gasteiger partial charge in [-0.2, -0.15) is 4.98 Å². The Labute approximate surface area is 175 Å². The molecule has 2 bridgehead atoms. The Morgan fingerprint density at radius 2 is 2.07 bits per heavy atom. The molecule has 4 heterocycles. The number of thiazole rings is 1. The quantitative estimate of drug-likeness (QED) is 0.635. The zero-order chi connectivity index (χ0) is 20.9. The summed E-state index contributed by atoms with van der Waals surface area (Å²) in [6.45, 7) is 3.21. The van der Waals surface area contributed by atoms with Gasteiger partial charge in [0.25, 0.3) is 6.01 Å². The summed E-state index contributed by atoms with van der Waals surface area (Å²) in [5.41, 5.74) is 1.43. The Morgan fingerprint density at radius 1 is 1.30 bits per heavy atom. The van der Waals surface area contributed by atoms with E-state index in [1.807, 2.05) is 10.3 Å². The smallest absolute Gasteiger partial charge is 0.422 e. The molecule has 10 heteroatoms. The third-order valence-corrected chi connectivity index (χ3v) is 6.48. The summed E-state index contributed by atoms with van der Waals surface area (Å²) in [6, 6.07) is 2.68. The number of ether oxygens (including phenoxy) is 1. The second kappa shape index (κ2) is 7.42. The van der Waals surface area contributed by atoms with Crippen molar-refractivity contribution in [3.8, 4) is 16.3 Å². The normalized spacial score (nSPS) is 21.9. The molecule has 1 N–H and O–H groups in total. The van der Waals surface area contributed by atoms with Crippen LogP contribution in [0.4, 0.5) is 19.2 Å². The van der Waals surface area contributed by atoms with Crippen LogP contribution in [0.1, 0.15) is 31.7 Å². The number of nitrogens with one attached hydrogen (secondary N) is 1. The van der Waals surface area contributed by atoms with Crippen molar-refractivity contribution in [2.24, 2.45) is 0 Å². The summed E-state index contributed by atoms with van der Waals surface area (Å²) in [4.78, 5) is 10.9. The number of piperazine rings is 1. The van der Waals surface area contributed by atoms with E-state index in [1.165, 1.54) is 17.8 Å². The Morgan fingerprint density at radius 3 is 2.70 bits per heavy atom. The van der Waals surface area contributed by atoms with E-state index in [-0.39, 0.29) is 16.8 Å². The standard InChI is InChI=1S/C20H21F3N4O2S/c1-2-11-8-14(18-24-6-7-30-18)17-15(16(11)29-20(21,22)23)26-19(28-17)27-9-12-4-3-5-13(10-27)25-12/h6-8,12-13,25H,2-5,9-10H2,1H3. The first kappa shape index (κ1) is 19.6. The van der Waals surface area contributed by atoms with Crippen molar-refractivity contribution >= 4 is 28.5 Å². The highest BCUT2D eigenvalue weighted by molar-refractivity contribution is 7.13. The second-order valence-corrected chi connectivity index (χ2v) is 8.62. The van der Waals surface area contributed by atoms with Crippen molar-refractivity contribution in [3.63, 3.8) is 0 Å². The van der Waals surface area contributed by atoms with Gasteiger partial charge in [-0.05, 0) is 30.9 Å². The van der Waals surface area contributed by atoms with Crippen molar-refractivity contribution in [3.05, 3.63) is 23.2 Å². The minimum absolute atomic E-state index is 0.0931. The van der Waals surface area contributed by atoms with E-state index in [4.69, 9.17) is 4.42 Å². The van der Waals surface area contributed by atoms with Crippen LogP contribution in [0.5, 0.6) is 5.75 Å². The molecular formula is C20H21F3N4O2S. The molecule has 2 aromatic heterocycles. The van der Waals surface area contributed by atoms with Gasteiger partial charge >= 0.3 is 6.36 Å². The van der Waals surface area contributed by atoms with E-state index in [0.29, 0.717) is 53.7 Å². The van der Waals surface area contributed by atoms with Crippen LogP contribution in [0.15, 0.2) is 22.1 Å². The van der Waals surface area contributed by atoms with Gasteiger partial charge in [0.2, 0.25) is 0 Å². The Kier molecular flexibility index (Phi) is 4.85. The van der Waals surface area contributed by atoms with Crippen molar-refractivity contribution in [2.75, 3.05) is 18.0 Å². The predicted molar refractivity (Wildman–Crippen MR) is 108 cm³/mol. The molecule has 0 spiro atoms. The molecule has 0 aliphatic carbocycles. The number of alkyl halides is 3. The maximum Gasteiger partial charge on any atom is 0.573 e. The number of piperidine rings is 1. The molecule has 2 aliphatic heterocycles. The third-order valence-electron chi connectivity index (χ3n) is 5.68. The molecular weight excluding hydrogens is 417 g/mol. The fraction of sp³-hybridized carbons (Fsp3) is 0.500. The number of rotatable bonds is 4. The summed E-state index contributed by atoms with van der Waals surface area (Å²) in [5, 5.41) is 6.08. The lowest BCUT2D eigenvalue weighted by atomic mass is 9.94. The monoisotopic (exact) mass is 438 g/mol. The highest BCUT2D eigenvalue weighted by Gasteiger charge is 2.36. The van der Waals surface area contributed by atoms with Crippen LogP contribution in [0.3, 0.4) is 0 Å². The van der Waals surface area contributed by atoms with Crippen LogP contribution in [0.2, 0.25) is 0 Å². The maximum absolute atomic E-state index is 13.2. The number of anilines is 1. The minimum atomic E-state index is -4.81. The predicted octanol–water partition coefficient (Wildman–Crippen LogP) is 4.74. The molecule has 6 nitrogen and oxygen atoms in total. The number of aromatic nitrogens is 2. The van der Waals surface area contributed by atoms with Crippen LogP contribution >= 0.6 is 11.3 Å². The van der Waals surface area contributed by atoms with Crippen molar-refractivity contribution in [1.29, 1.82) is 0 Å². The SMILES string of the molecule is CCc1cc(-c2nccs2)c2oc(N3CC4CCCC(C3)N4)nc2c1OC(F)(F)F. The van der Waals surface area contributed by atoms with Gasteiger partial charge in [-0.3, -0.25) is 0 Å². The summed E-state index contributed by atoms with van der Waals surface area (Å²) in [5.74, 6) is -0.286. The van der Waals surface area contributed by atoms with E-state index in [2.05, 4.69) is 20.0 Å². The Balaban J connectivity index is 1.65. The molecule has 0 radical (unpaired) electrons. The zero-order valence-electron chi connectivity index (χ0n) is 16.3. The third kappa shape index (κ3) is 3.62. The lowest BCUT2D eigenvalue weighted by molar-refractivity contribution is -0.274. The molecule has 2 unspecified atom stereocenters. The van der Waals surface area contributed by atoms with Crippen LogP contribution < -0.4 is 15.0 Å². The van der Waals surface area contributed by atoms with Crippen LogP contribution in [-0.2, 0) is 6.42 Å². The number of nitrogens with zero attached hydrogens (tertiary/aromatic N) is 3. The van der Waals surface area contributed by atoms with E-state index in [1.54, 1.807) is 19.2 Å². The molecule has 2 aliphatic rings.